The van der Waals surface area contributed by atoms with Gasteiger partial charge in [-0.2, -0.15) is 0 Å². The van der Waals surface area contributed by atoms with Crippen molar-refractivity contribution in [1.82, 2.24) is 15.0 Å². The fourth-order valence-corrected chi connectivity index (χ4v) is 4.57. The molecule has 8 nitrogen and oxygen atoms in total. The highest BCUT2D eigenvalue weighted by molar-refractivity contribution is 7.16. The third-order valence-electron chi connectivity index (χ3n) is 5.45. The summed E-state index contributed by atoms with van der Waals surface area (Å²) in [6, 6.07) is 11.2. The summed E-state index contributed by atoms with van der Waals surface area (Å²) >= 11 is 1.44. The molecule has 0 bridgehead atoms. The molecule has 0 saturated heterocycles. The highest BCUT2D eigenvalue weighted by Crippen LogP contribution is 2.44. The summed E-state index contributed by atoms with van der Waals surface area (Å²) in [4.78, 5) is 28.8. The van der Waals surface area contributed by atoms with E-state index in [4.69, 9.17) is 19.2 Å². The number of carbonyl (C=O) groups is 1. The fourth-order valence-electron chi connectivity index (χ4n) is 3.60. The molecular formula is C27H26N4O4S. The van der Waals surface area contributed by atoms with Gasteiger partial charge in [-0.15, -0.1) is 11.3 Å². The first-order chi connectivity index (χ1) is 17.4. The summed E-state index contributed by atoms with van der Waals surface area (Å²) in [5, 5.41) is 0.663. The standard InChI is InChI=1S/C27H26N4O4S/c1-31(2)20-8-6-17(7-9-20)21(32)10-11-24-30-25(27(36-24)19-14-28-16-29-15-19)18-12-22(33-3)26(35-5)23(13-18)34-4/h6-16H,1-5H3/b11-10+. The molecule has 184 valence electrons. The van der Waals surface area contributed by atoms with E-state index in [1.807, 2.05) is 55.4 Å². The molecule has 0 aliphatic carbocycles. The Morgan fingerprint density at radius 2 is 1.56 bits per heavy atom. The quantitative estimate of drug-likeness (QED) is 0.226. The minimum Gasteiger partial charge on any atom is -0.493 e. The van der Waals surface area contributed by atoms with Gasteiger partial charge in [0, 0.05) is 48.9 Å². The molecule has 0 aliphatic heterocycles. The van der Waals surface area contributed by atoms with Gasteiger partial charge in [-0.25, -0.2) is 15.0 Å². The van der Waals surface area contributed by atoms with Crippen molar-refractivity contribution in [1.29, 1.82) is 0 Å². The Morgan fingerprint density at radius 3 is 2.11 bits per heavy atom. The van der Waals surface area contributed by atoms with Crippen LogP contribution in [-0.4, -0.2) is 56.2 Å². The Labute approximate surface area is 213 Å². The van der Waals surface area contributed by atoms with Crippen molar-refractivity contribution in [3.63, 3.8) is 0 Å². The van der Waals surface area contributed by atoms with Gasteiger partial charge >= 0.3 is 0 Å². The molecule has 2 aromatic heterocycles. The molecule has 0 spiro atoms. The van der Waals surface area contributed by atoms with Crippen molar-refractivity contribution in [2.75, 3.05) is 40.3 Å². The molecule has 4 rings (SSSR count). The molecule has 4 aromatic rings. The van der Waals surface area contributed by atoms with E-state index in [0.29, 0.717) is 33.5 Å². The largest absolute Gasteiger partial charge is 0.493 e. The molecule has 0 N–H and O–H groups in total. The fraction of sp³-hybridized carbons (Fsp3) is 0.185. The lowest BCUT2D eigenvalue weighted by Crippen LogP contribution is -2.08. The molecule has 0 fully saturated rings. The number of aromatic nitrogens is 3. The Bertz CT molecular complexity index is 1360. The van der Waals surface area contributed by atoms with E-state index in [9.17, 15) is 4.79 Å². The SMILES string of the molecule is COc1cc(-c2nc(/C=C/C(=O)c3ccc(N(C)C)cc3)sc2-c2cncnc2)cc(OC)c1OC. The van der Waals surface area contributed by atoms with E-state index >= 15 is 0 Å². The molecule has 2 aromatic carbocycles. The van der Waals surface area contributed by atoms with Crippen LogP contribution in [0.1, 0.15) is 15.4 Å². The van der Waals surface area contributed by atoms with Crippen LogP contribution in [0.3, 0.4) is 0 Å². The number of carbonyl (C=O) groups excluding carboxylic acids is 1. The first-order valence-corrected chi connectivity index (χ1v) is 11.8. The molecule has 0 radical (unpaired) electrons. The zero-order valence-electron chi connectivity index (χ0n) is 20.7. The monoisotopic (exact) mass is 502 g/mol. The summed E-state index contributed by atoms with van der Waals surface area (Å²) in [5.41, 5.74) is 3.90. The van der Waals surface area contributed by atoms with E-state index in [-0.39, 0.29) is 5.78 Å². The molecule has 0 saturated carbocycles. The predicted molar refractivity (Wildman–Crippen MR) is 142 cm³/mol. The summed E-state index contributed by atoms with van der Waals surface area (Å²) in [6.07, 6.45) is 8.19. The molecule has 0 aliphatic rings. The van der Waals surface area contributed by atoms with Gasteiger partial charge in [0.05, 0.1) is 31.9 Å². The number of methoxy groups -OCH3 is 3. The molecule has 9 heteroatoms. The highest BCUT2D eigenvalue weighted by atomic mass is 32.1. The molecule has 36 heavy (non-hydrogen) atoms. The average Bonchev–Trinajstić information content (AvgIpc) is 3.35. The van der Waals surface area contributed by atoms with Gasteiger partial charge in [-0.1, -0.05) is 0 Å². The lowest BCUT2D eigenvalue weighted by molar-refractivity contribution is 0.104. The van der Waals surface area contributed by atoms with Crippen LogP contribution in [0, 0.1) is 0 Å². The third kappa shape index (κ3) is 5.21. The van der Waals surface area contributed by atoms with Crippen LogP contribution < -0.4 is 19.1 Å². The lowest BCUT2D eigenvalue weighted by Gasteiger charge is -2.14. The topological polar surface area (TPSA) is 86.7 Å². The molecule has 2 heterocycles. The number of ketones is 1. The predicted octanol–water partition coefficient (Wildman–Crippen LogP) is 5.26. The van der Waals surface area contributed by atoms with Gasteiger partial charge in [0.15, 0.2) is 17.3 Å². The normalized spacial score (nSPS) is 10.9. The van der Waals surface area contributed by atoms with Crippen molar-refractivity contribution in [3.8, 4) is 38.9 Å². The van der Waals surface area contributed by atoms with Crippen molar-refractivity contribution in [2.45, 2.75) is 0 Å². The second-order valence-electron chi connectivity index (χ2n) is 7.91. The van der Waals surface area contributed by atoms with Crippen molar-refractivity contribution in [2.24, 2.45) is 0 Å². The number of ether oxygens (including phenoxy) is 3. The number of rotatable bonds is 9. The second kappa shape index (κ2) is 11.0. The van der Waals surface area contributed by atoms with Crippen LogP contribution in [0.4, 0.5) is 5.69 Å². The lowest BCUT2D eigenvalue weighted by atomic mass is 10.1. The summed E-state index contributed by atoms with van der Waals surface area (Å²) in [5.74, 6) is 1.43. The van der Waals surface area contributed by atoms with Gasteiger partial charge in [0.1, 0.15) is 11.3 Å². The molecule has 0 atom stereocenters. The Hall–Kier alpha value is -4.24. The van der Waals surface area contributed by atoms with Crippen LogP contribution in [0.5, 0.6) is 17.2 Å². The van der Waals surface area contributed by atoms with Crippen molar-refractivity contribution in [3.05, 3.63) is 71.8 Å². The Kier molecular flexibility index (Phi) is 7.60. The first kappa shape index (κ1) is 24.9. The summed E-state index contributed by atoms with van der Waals surface area (Å²) < 4.78 is 16.5. The summed E-state index contributed by atoms with van der Waals surface area (Å²) in [7, 11) is 8.61. The van der Waals surface area contributed by atoms with Crippen LogP contribution >= 0.6 is 11.3 Å². The van der Waals surface area contributed by atoms with E-state index in [2.05, 4.69) is 9.97 Å². The van der Waals surface area contributed by atoms with E-state index in [1.54, 1.807) is 39.8 Å². The van der Waals surface area contributed by atoms with Gasteiger partial charge in [-0.3, -0.25) is 4.79 Å². The number of allylic oxidation sites excluding steroid dienone is 1. The number of hydrogen-bond donors (Lipinski definition) is 0. The van der Waals surface area contributed by atoms with E-state index < -0.39 is 0 Å². The Balaban J connectivity index is 1.74. The van der Waals surface area contributed by atoms with Crippen molar-refractivity contribution < 1.29 is 19.0 Å². The maximum atomic E-state index is 12.8. The zero-order chi connectivity index (χ0) is 25.7. The number of nitrogens with zero attached hydrogens (tertiary/aromatic N) is 4. The van der Waals surface area contributed by atoms with Crippen molar-refractivity contribution >= 4 is 28.9 Å². The van der Waals surface area contributed by atoms with Gasteiger partial charge in [0.25, 0.3) is 0 Å². The maximum Gasteiger partial charge on any atom is 0.203 e. The van der Waals surface area contributed by atoms with E-state index in [0.717, 1.165) is 21.7 Å². The number of anilines is 1. The van der Waals surface area contributed by atoms with E-state index in [1.165, 1.54) is 23.7 Å². The Morgan fingerprint density at radius 1 is 0.917 bits per heavy atom. The average molecular weight is 503 g/mol. The summed E-state index contributed by atoms with van der Waals surface area (Å²) in [6.45, 7) is 0. The smallest absolute Gasteiger partial charge is 0.203 e. The number of benzene rings is 2. The van der Waals surface area contributed by atoms with Crippen LogP contribution in [0.25, 0.3) is 27.8 Å². The minimum atomic E-state index is -0.102. The molecule has 0 unspecified atom stereocenters. The third-order valence-corrected chi connectivity index (χ3v) is 6.52. The molecule has 0 amide bonds. The second-order valence-corrected chi connectivity index (χ2v) is 8.94. The number of thiazole rings is 1. The zero-order valence-corrected chi connectivity index (χ0v) is 21.5. The van der Waals surface area contributed by atoms with Crippen LogP contribution in [0.2, 0.25) is 0 Å². The van der Waals surface area contributed by atoms with Gasteiger partial charge in [-0.05, 0) is 48.6 Å². The first-order valence-electron chi connectivity index (χ1n) is 11.0. The molecular weight excluding hydrogens is 476 g/mol. The van der Waals surface area contributed by atoms with Gasteiger partial charge in [0.2, 0.25) is 5.75 Å². The highest BCUT2D eigenvalue weighted by Gasteiger charge is 2.20. The minimum absolute atomic E-state index is 0.102. The van der Waals surface area contributed by atoms with Gasteiger partial charge < -0.3 is 19.1 Å². The maximum absolute atomic E-state index is 12.8. The van der Waals surface area contributed by atoms with Crippen LogP contribution in [-0.2, 0) is 0 Å². The van der Waals surface area contributed by atoms with Crippen LogP contribution in [0.15, 0.2) is 61.2 Å². The number of hydrogen-bond acceptors (Lipinski definition) is 9.